The fourth-order valence-electron chi connectivity index (χ4n) is 0.839. The number of alkyl halides is 3. The van der Waals surface area contributed by atoms with E-state index in [1.807, 2.05) is 0 Å². The van der Waals surface area contributed by atoms with Gasteiger partial charge in [-0.15, -0.1) is 11.8 Å². The van der Waals surface area contributed by atoms with Crippen LogP contribution in [0, 0.1) is 0 Å². The fraction of sp³-hybridized carbons (Fsp3) is 0.444. The summed E-state index contributed by atoms with van der Waals surface area (Å²) in [7, 11) is 0. The Morgan fingerprint density at radius 2 is 2.13 bits per heavy atom. The number of pyridine rings is 1. The van der Waals surface area contributed by atoms with Gasteiger partial charge < -0.3 is 5.11 Å². The van der Waals surface area contributed by atoms with E-state index in [1.54, 1.807) is 6.92 Å². The molecular weight excluding hydrogens is 227 g/mol. The molecule has 0 fully saturated rings. The third-order valence-electron chi connectivity index (χ3n) is 1.54. The molecule has 15 heavy (non-hydrogen) atoms. The van der Waals surface area contributed by atoms with Gasteiger partial charge in [-0.25, -0.2) is 4.98 Å². The SMILES string of the molecule is C[C@@H](O)CSc1ccc(C(F)(F)F)cn1. The molecule has 0 aliphatic rings. The molecule has 0 aliphatic heterocycles. The van der Waals surface area contributed by atoms with E-state index in [0.717, 1.165) is 12.3 Å². The lowest BCUT2D eigenvalue weighted by atomic mass is 10.3. The van der Waals surface area contributed by atoms with Gasteiger partial charge in [-0.2, -0.15) is 13.2 Å². The van der Waals surface area contributed by atoms with E-state index in [9.17, 15) is 13.2 Å². The smallest absolute Gasteiger partial charge is 0.393 e. The molecule has 1 heterocycles. The van der Waals surface area contributed by atoms with E-state index in [0.29, 0.717) is 10.8 Å². The molecule has 84 valence electrons. The van der Waals surface area contributed by atoms with Crippen molar-refractivity contribution >= 4 is 11.8 Å². The second kappa shape index (κ2) is 4.85. The van der Waals surface area contributed by atoms with Crippen LogP contribution in [0.5, 0.6) is 0 Å². The number of aliphatic hydroxyl groups excluding tert-OH is 1. The van der Waals surface area contributed by atoms with Crippen LogP contribution < -0.4 is 0 Å². The predicted molar refractivity (Wildman–Crippen MR) is 51.6 cm³/mol. The molecule has 0 aromatic carbocycles. The summed E-state index contributed by atoms with van der Waals surface area (Å²) in [5, 5.41) is 9.44. The summed E-state index contributed by atoms with van der Waals surface area (Å²) in [5.74, 6) is 0.415. The second-order valence-corrected chi connectivity index (χ2v) is 4.08. The number of nitrogens with zero attached hydrogens (tertiary/aromatic N) is 1. The lowest BCUT2D eigenvalue weighted by Crippen LogP contribution is -2.06. The van der Waals surface area contributed by atoms with Crippen molar-refractivity contribution in [2.75, 3.05) is 5.75 Å². The average Bonchev–Trinajstić information content (AvgIpc) is 2.14. The summed E-state index contributed by atoms with van der Waals surface area (Å²) in [6.07, 6.45) is -4.05. The van der Waals surface area contributed by atoms with Crippen LogP contribution >= 0.6 is 11.8 Å². The average molecular weight is 237 g/mol. The van der Waals surface area contributed by atoms with Crippen LogP contribution in [-0.4, -0.2) is 21.9 Å². The molecule has 0 saturated carbocycles. The first-order valence-corrected chi connectivity index (χ1v) is 5.22. The molecule has 2 nitrogen and oxygen atoms in total. The highest BCUT2D eigenvalue weighted by molar-refractivity contribution is 7.99. The summed E-state index contributed by atoms with van der Waals surface area (Å²) in [4.78, 5) is 3.65. The van der Waals surface area contributed by atoms with E-state index < -0.39 is 17.8 Å². The molecule has 0 aliphatic carbocycles. The highest BCUT2D eigenvalue weighted by Crippen LogP contribution is 2.29. The number of rotatable bonds is 3. The number of aliphatic hydroxyl groups is 1. The number of aromatic nitrogens is 1. The minimum atomic E-state index is -4.35. The van der Waals surface area contributed by atoms with E-state index in [2.05, 4.69) is 4.98 Å². The van der Waals surface area contributed by atoms with Gasteiger partial charge in [0.05, 0.1) is 16.7 Å². The highest BCUT2D eigenvalue weighted by Gasteiger charge is 2.30. The monoisotopic (exact) mass is 237 g/mol. The van der Waals surface area contributed by atoms with Crippen molar-refractivity contribution in [3.8, 4) is 0 Å². The maximum atomic E-state index is 12.1. The van der Waals surface area contributed by atoms with Crippen molar-refractivity contribution in [2.24, 2.45) is 0 Å². The maximum absolute atomic E-state index is 12.1. The minimum Gasteiger partial charge on any atom is -0.393 e. The van der Waals surface area contributed by atoms with Crippen molar-refractivity contribution in [1.29, 1.82) is 0 Å². The van der Waals surface area contributed by atoms with Crippen LogP contribution in [-0.2, 0) is 6.18 Å². The number of thioether (sulfide) groups is 1. The molecule has 1 N–H and O–H groups in total. The Balaban J connectivity index is 2.65. The fourth-order valence-corrected chi connectivity index (χ4v) is 1.54. The van der Waals surface area contributed by atoms with Crippen LogP contribution in [0.4, 0.5) is 13.2 Å². The van der Waals surface area contributed by atoms with Crippen LogP contribution in [0.25, 0.3) is 0 Å². The summed E-state index contributed by atoms with van der Waals surface area (Å²) < 4.78 is 36.4. The molecule has 1 atom stereocenters. The predicted octanol–water partition coefficient (Wildman–Crippen LogP) is 2.57. The first-order valence-electron chi connectivity index (χ1n) is 4.23. The van der Waals surface area contributed by atoms with E-state index in [4.69, 9.17) is 5.11 Å². The Bertz CT molecular complexity index is 310. The van der Waals surface area contributed by atoms with E-state index in [1.165, 1.54) is 17.8 Å². The van der Waals surface area contributed by atoms with Crippen molar-refractivity contribution in [1.82, 2.24) is 4.98 Å². The van der Waals surface area contributed by atoms with Crippen molar-refractivity contribution < 1.29 is 18.3 Å². The van der Waals surface area contributed by atoms with Crippen LogP contribution in [0.1, 0.15) is 12.5 Å². The van der Waals surface area contributed by atoms with E-state index in [-0.39, 0.29) is 0 Å². The quantitative estimate of drug-likeness (QED) is 0.820. The molecule has 0 radical (unpaired) electrons. The zero-order chi connectivity index (χ0) is 11.5. The molecule has 1 rings (SSSR count). The Morgan fingerprint density at radius 3 is 2.53 bits per heavy atom. The molecular formula is C9H10F3NOS. The van der Waals surface area contributed by atoms with Gasteiger partial charge in [-0.3, -0.25) is 0 Å². The zero-order valence-corrected chi connectivity index (χ0v) is 8.77. The first-order chi connectivity index (χ1) is 6.89. The minimum absolute atomic E-state index is 0.415. The third kappa shape index (κ3) is 4.09. The molecule has 0 saturated heterocycles. The zero-order valence-electron chi connectivity index (χ0n) is 7.95. The highest BCUT2D eigenvalue weighted by atomic mass is 32.2. The third-order valence-corrected chi connectivity index (χ3v) is 2.72. The topological polar surface area (TPSA) is 33.1 Å². The van der Waals surface area contributed by atoms with Crippen LogP contribution in [0.15, 0.2) is 23.4 Å². The summed E-state index contributed by atoms with van der Waals surface area (Å²) >= 11 is 1.22. The first kappa shape index (κ1) is 12.3. The molecule has 1 aromatic rings. The van der Waals surface area contributed by atoms with Crippen LogP contribution in [0.2, 0.25) is 0 Å². The van der Waals surface area contributed by atoms with Crippen molar-refractivity contribution in [3.63, 3.8) is 0 Å². The maximum Gasteiger partial charge on any atom is 0.417 e. The normalized spacial score (nSPS) is 13.9. The molecule has 1 aromatic heterocycles. The Morgan fingerprint density at radius 1 is 1.47 bits per heavy atom. The van der Waals surface area contributed by atoms with Crippen molar-refractivity contribution in [3.05, 3.63) is 23.9 Å². The van der Waals surface area contributed by atoms with Gasteiger partial charge in [-0.05, 0) is 19.1 Å². The second-order valence-electron chi connectivity index (χ2n) is 3.04. The Labute approximate surface area is 89.5 Å². The lowest BCUT2D eigenvalue weighted by Gasteiger charge is -2.07. The lowest BCUT2D eigenvalue weighted by molar-refractivity contribution is -0.137. The van der Waals surface area contributed by atoms with Gasteiger partial charge in [0, 0.05) is 11.9 Å². The van der Waals surface area contributed by atoms with Gasteiger partial charge in [0.2, 0.25) is 0 Å². The van der Waals surface area contributed by atoms with Gasteiger partial charge in [0.1, 0.15) is 0 Å². The van der Waals surface area contributed by atoms with Gasteiger partial charge in [-0.1, -0.05) is 0 Å². The summed E-state index contributed by atoms with van der Waals surface area (Å²) in [6, 6.07) is 2.28. The summed E-state index contributed by atoms with van der Waals surface area (Å²) in [5.41, 5.74) is -0.760. The molecule has 0 spiro atoms. The van der Waals surface area contributed by atoms with Crippen LogP contribution in [0.3, 0.4) is 0 Å². The van der Waals surface area contributed by atoms with Gasteiger partial charge in [0.15, 0.2) is 0 Å². The number of halogens is 3. The Kier molecular flexibility index (Phi) is 3.98. The molecule has 0 unspecified atom stereocenters. The Hall–Kier alpha value is -0.750. The van der Waals surface area contributed by atoms with Crippen molar-refractivity contribution in [2.45, 2.75) is 24.2 Å². The molecule has 6 heteroatoms. The summed E-state index contributed by atoms with van der Waals surface area (Å²) in [6.45, 7) is 1.61. The largest absolute Gasteiger partial charge is 0.417 e. The molecule has 0 amide bonds. The number of hydrogen-bond donors (Lipinski definition) is 1. The standard InChI is InChI=1S/C9H10F3NOS/c1-6(14)5-15-8-3-2-7(4-13-8)9(10,11)12/h2-4,6,14H,5H2,1H3/t6-/m1/s1. The molecule has 0 bridgehead atoms. The van der Waals surface area contributed by atoms with Gasteiger partial charge >= 0.3 is 6.18 Å². The van der Waals surface area contributed by atoms with E-state index >= 15 is 0 Å². The van der Waals surface area contributed by atoms with Gasteiger partial charge in [0.25, 0.3) is 0 Å². The number of hydrogen-bond acceptors (Lipinski definition) is 3.